The van der Waals surface area contributed by atoms with Crippen LogP contribution in [0.2, 0.25) is 5.02 Å². The highest BCUT2D eigenvalue weighted by Gasteiger charge is 2.18. The normalized spacial score (nSPS) is 10.4. The molecular formula is C17H16ClFN4O2. The molecule has 1 amide bonds. The molecule has 0 saturated carbocycles. The number of nitriles is 1. The molecular weight excluding hydrogens is 347 g/mol. The van der Waals surface area contributed by atoms with Gasteiger partial charge in [0.1, 0.15) is 24.0 Å². The maximum absolute atomic E-state index is 13.8. The van der Waals surface area contributed by atoms with Crippen molar-refractivity contribution in [1.29, 1.82) is 5.26 Å². The second kappa shape index (κ2) is 7.45. The zero-order chi connectivity index (χ0) is 18.7. The van der Waals surface area contributed by atoms with Crippen LogP contribution in [0.15, 0.2) is 23.0 Å². The first kappa shape index (κ1) is 18.6. The molecule has 0 aliphatic rings. The highest BCUT2D eigenvalue weighted by Crippen LogP contribution is 2.20. The van der Waals surface area contributed by atoms with Gasteiger partial charge in [-0.15, -0.1) is 0 Å². The van der Waals surface area contributed by atoms with Gasteiger partial charge in [0.25, 0.3) is 5.56 Å². The van der Waals surface area contributed by atoms with E-state index in [0.29, 0.717) is 11.3 Å². The van der Waals surface area contributed by atoms with Gasteiger partial charge in [-0.1, -0.05) is 17.7 Å². The van der Waals surface area contributed by atoms with Gasteiger partial charge in [-0.2, -0.15) is 10.4 Å². The van der Waals surface area contributed by atoms with E-state index < -0.39 is 17.3 Å². The Hall–Kier alpha value is -2.72. The Balaban J connectivity index is 2.24. The predicted molar refractivity (Wildman–Crippen MR) is 90.6 cm³/mol. The third-order valence-electron chi connectivity index (χ3n) is 3.92. The Morgan fingerprint density at radius 2 is 2.12 bits per heavy atom. The lowest BCUT2D eigenvalue weighted by Gasteiger charge is -2.19. The van der Waals surface area contributed by atoms with Crippen LogP contribution < -0.4 is 5.56 Å². The fourth-order valence-corrected chi connectivity index (χ4v) is 2.49. The summed E-state index contributed by atoms with van der Waals surface area (Å²) in [5.41, 5.74) is 0.501. The number of carbonyl (C=O) groups is 1. The molecule has 1 aromatic carbocycles. The maximum atomic E-state index is 13.8. The molecule has 6 nitrogen and oxygen atoms in total. The second-order valence-corrected chi connectivity index (χ2v) is 6.02. The van der Waals surface area contributed by atoms with E-state index >= 15 is 0 Å². The lowest BCUT2D eigenvalue weighted by Crippen LogP contribution is -2.36. The molecule has 130 valence electrons. The fraction of sp³-hybridized carbons (Fsp3) is 0.294. The van der Waals surface area contributed by atoms with Crippen molar-refractivity contribution < 1.29 is 9.18 Å². The Morgan fingerprint density at radius 1 is 1.44 bits per heavy atom. The summed E-state index contributed by atoms with van der Waals surface area (Å²) in [5, 5.41) is 13.4. The highest BCUT2D eigenvalue weighted by molar-refractivity contribution is 6.31. The third-order valence-corrected chi connectivity index (χ3v) is 4.27. The van der Waals surface area contributed by atoms with E-state index in [4.69, 9.17) is 16.9 Å². The summed E-state index contributed by atoms with van der Waals surface area (Å²) >= 11 is 5.96. The first-order valence-corrected chi connectivity index (χ1v) is 7.79. The van der Waals surface area contributed by atoms with Gasteiger partial charge in [0, 0.05) is 24.2 Å². The Morgan fingerprint density at radius 3 is 2.72 bits per heavy atom. The number of aryl methyl sites for hydroxylation is 1. The molecule has 0 bridgehead atoms. The van der Waals surface area contributed by atoms with Gasteiger partial charge in [0.15, 0.2) is 0 Å². The quantitative estimate of drug-likeness (QED) is 0.835. The number of benzene rings is 1. The van der Waals surface area contributed by atoms with E-state index in [2.05, 4.69) is 5.10 Å². The number of aromatic nitrogens is 2. The number of likely N-dealkylation sites (N-methyl/N-ethyl adjacent to an activating group) is 1. The van der Waals surface area contributed by atoms with Crippen molar-refractivity contribution in [2.75, 3.05) is 7.05 Å². The third kappa shape index (κ3) is 3.86. The van der Waals surface area contributed by atoms with Gasteiger partial charge in [0.2, 0.25) is 5.91 Å². The fourth-order valence-electron chi connectivity index (χ4n) is 2.27. The Bertz CT molecular complexity index is 913. The van der Waals surface area contributed by atoms with Gasteiger partial charge in [-0.3, -0.25) is 9.59 Å². The van der Waals surface area contributed by atoms with Crippen molar-refractivity contribution in [3.63, 3.8) is 0 Å². The molecule has 0 N–H and O–H groups in total. The largest absolute Gasteiger partial charge is 0.340 e. The van der Waals surface area contributed by atoms with Crippen LogP contribution in [0.1, 0.15) is 22.4 Å². The maximum Gasteiger partial charge on any atom is 0.285 e. The molecule has 8 heteroatoms. The smallest absolute Gasteiger partial charge is 0.285 e. The molecule has 0 unspecified atom stereocenters. The van der Waals surface area contributed by atoms with Crippen molar-refractivity contribution in [3.8, 4) is 6.07 Å². The van der Waals surface area contributed by atoms with Crippen molar-refractivity contribution in [1.82, 2.24) is 14.7 Å². The van der Waals surface area contributed by atoms with Crippen LogP contribution >= 0.6 is 11.6 Å². The van der Waals surface area contributed by atoms with Crippen LogP contribution in [0, 0.1) is 31.0 Å². The molecule has 0 aliphatic carbocycles. The van der Waals surface area contributed by atoms with E-state index in [1.165, 1.54) is 30.1 Å². The van der Waals surface area contributed by atoms with Gasteiger partial charge in [0.05, 0.1) is 5.69 Å². The summed E-state index contributed by atoms with van der Waals surface area (Å²) < 4.78 is 14.8. The van der Waals surface area contributed by atoms with Gasteiger partial charge in [-0.25, -0.2) is 9.07 Å². The summed E-state index contributed by atoms with van der Waals surface area (Å²) in [7, 11) is 1.47. The summed E-state index contributed by atoms with van der Waals surface area (Å²) in [6.45, 7) is 2.88. The minimum atomic E-state index is -0.628. The molecule has 1 heterocycles. The first-order chi connectivity index (χ1) is 11.8. The van der Waals surface area contributed by atoms with E-state index in [0.717, 1.165) is 4.68 Å². The average molecular weight is 363 g/mol. The van der Waals surface area contributed by atoms with E-state index in [-0.39, 0.29) is 29.2 Å². The van der Waals surface area contributed by atoms with Gasteiger partial charge >= 0.3 is 0 Å². The van der Waals surface area contributed by atoms with Crippen molar-refractivity contribution in [2.45, 2.75) is 26.9 Å². The van der Waals surface area contributed by atoms with Gasteiger partial charge < -0.3 is 4.90 Å². The van der Waals surface area contributed by atoms with Crippen LogP contribution in [0.4, 0.5) is 4.39 Å². The molecule has 0 atom stereocenters. The zero-order valence-electron chi connectivity index (χ0n) is 14.0. The average Bonchev–Trinajstić information content (AvgIpc) is 2.56. The Labute approximate surface area is 149 Å². The lowest BCUT2D eigenvalue weighted by atomic mass is 10.1. The molecule has 0 aliphatic heterocycles. The number of hydrogen-bond acceptors (Lipinski definition) is 4. The minimum absolute atomic E-state index is 0.0416. The molecule has 2 rings (SSSR count). The number of halogens is 2. The molecule has 0 spiro atoms. The standard InChI is InChI=1S/C17H16ClFN4O2/c1-10-11(2)21-23(17(25)12(10)7-20)9-16(24)22(3)8-13-14(18)5-4-6-15(13)19/h4-6H,8-9H2,1-3H3. The molecule has 0 radical (unpaired) electrons. The van der Waals surface area contributed by atoms with Crippen LogP contribution in [0.25, 0.3) is 0 Å². The van der Waals surface area contributed by atoms with Gasteiger partial charge in [-0.05, 0) is 31.5 Å². The molecule has 0 fully saturated rings. The summed E-state index contributed by atoms with van der Waals surface area (Å²) in [4.78, 5) is 25.8. The number of nitrogens with zero attached hydrogens (tertiary/aromatic N) is 4. The number of amides is 1. The predicted octanol–water partition coefficient (Wildman–Crippen LogP) is 2.18. The lowest BCUT2D eigenvalue weighted by molar-refractivity contribution is -0.131. The number of carbonyl (C=O) groups excluding carboxylic acids is 1. The SMILES string of the molecule is Cc1nn(CC(=O)N(C)Cc2c(F)cccc2Cl)c(=O)c(C#N)c1C. The van der Waals surface area contributed by atoms with Crippen molar-refractivity contribution in [2.24, 2.45) is 0 Å². The van der Waals surface area contributed by atoms with Crippen molar-refractivity contribution >= 4 is 17.5 Å². The monoisotopic (exact) mass is 362 g/mol. The number of rotatable bonds is 4. The topological polar surface area (TPSA) is 79.0 Å². The number of hydrogen-bond donors (Lipinski definition) is 0. The minimum Gasteiger partial charge on any atom is -0.340 e. The zero-order valence-corrected chi connectivity index (χ0v) is 14.8. The Kier molecular flexibility index (Phi) is 5.55. The van der Waals surface area contributed by atoms with Crippen LogP contribution in [0.5, 0.6) is 0 Å². The van der Waals surface area contributed by atoms with E-state index in [1.807, 2.05) is 6.07 Å². The summed E-state index contributed by atoms with van der Waals surface area (Å²) in [6, 6.07) is 6.11. The summed E-state index contributed by atoms with van der Waals surface area (Å²) in [6.07, 6.45) is 0. The van der Waals surface area contributed by atoms with E-state index in [1.54, 1.807) is 13.8 Å². The summed E-state index contributed by atoms with van der Waals surface area (Å²) in [5.74, 6) is -0.971. The first-order valence-electron chi connectivity index (χ1n) is 7.41. The van der Waals surface area contributed by atoms with Crippen LogP contribution in [-0.2, 0) is 17.9 Å². The van der Waals surface area contributed by atoms with Crippen molar-refractivity contribution in [3.05, 3.63) is 61.8 Å². The molecule has 1 aromatic heterocycles. The van der Waals surface area contributed by atoms with E-state index in [9.17, 15) is 14.0 Å². The van der Waals surface area contributed by atoms with Crippen LogP contribution in [-0.4, -0.2) is 27.6 Å². The molecule has 2 aromatic rings. The van der Waals surface area contributed by atoms with Crippen LogP contribution in [0.3, 0.4) is 0 Å². The molecule has 25 heavy (non-hydrogen) atoms. The molecule has 0 saturated heterocycles. The second-order valence-electron chi connectivity index (χ2n) is 5.61. The highest BCUT2D eigenvalue weighted by atomic mass is 35.5.